The maximum Gasteiger partial charge on any atom is 0.340 e. The van der Waals surface area contributed by atoms with Crippen LogP contribution in [0.15, 0.2) is 54.7 Å². The standard InChI is InChI=1S/C19H16FNO3/c20-14-9-7-13(8-10-14)18(22)6-3-11-24-19(23)16-12-21-17-5-2-1-4-15(16)17/h1-2,4-5,7-10,12,21H,3,6,11H2. The predicted molar refractivity (Wildman–Crippen MR) is 88.5 cm³/mol. The summed E-state index contributed by atoms with van der Waals surface area (Å²) in [5.41, 5.74) is 1.81. The zero-order valence-corrected chi connectivity index (χ0v) is 12.9. The van der Waals surface area contributed by atoms with Gasteiger partial charge in [0.05, 0.1) is 12.2 Å². The lowest BCUT2D eigenvalue weighted by Gasteiger charge is -2.04. The van der Waals surface area contributed by atoms with E-state index < -0.39 is 5.97 Å². The molecule has 0 aliphatic carbocycles. The van der Waals surface area contributed by atoms with Crippen LogP contribution in [0.4, 0.5) is 4.39 Å². The van der Waals surface area contributed by atoms with Crippen LogP contribution in [0, 0.1) is 5.82 Å². The number of esters is 1. The number of nitrogens with one attached hydrogen (secondary N) is 1. The highest BCUT2D eigenvalue weighted by molar-refractivity contribution is 6.04. The second kappa shape index (κ2) is 7.08. The van der Waals surface area contributed by atoms with Gasteiger partial charge in [-0.1, -0.05) is 18.2 Å². The Morgan fingerprint density at radius 1 is 1.04 bits per heavy atom. The van der Waals surface area contributed by atoms with Crippen molar-refractivity contribution in [3.05, 3.63) is 71.7 Å². The number of rotatable bonds is 6. The molecule has 0 aliphatic heterocycles. The summed E-state index contributed by atoms with van der Waals surface area (Å²) in [5, 5.41) is 0.810. The fourth-order valence-corrected chi connectivity index (χ4v) is 2.50. The van der Waals surface area contributed by atoms with Crippen molar-refractivity contribution in [1.29, 1.82) is 0 Å². The summed E-state index contributed by atoms with van der Waals surface area (Å²) in [7, 11) is 0. The quantitative estimate of drug-likeness (QED) is 0.421. The van der Waals surface area contributed by atoms with Crippen LogP contribution >= 0.6 is 0 Å². The lowest BCUT2D eigenvalue weighted by atomic mass is 10.1. The van der Waals surface area contributed by atoms with Gasteiger partial charge in [-0.15, -0.1) is 0 Å². The molecule has 0 atom stereocenters. The number of para-hydroxylation sites is 1. The van der Waals surface area contributed by atoms with Gasteiger partial charge in [-0.05, 0) is 36.8 Å². The van der Waals surface area contributed by atoms with Crippen LogP contribution in [0.1, 0.15) is 33.6 Å². The van der Waals surface area contributed by atoms with Crippen LogP contribution in [0.5, 0.6) is 0 Å². The summed E-state index contributed by atoms with van der Waals surface area (Å²) in [6, 6.07) is 12.9. The first kappa shape index (κ1) is 15.9. The van der Waals surface area contributed by atoms with Crippen molar-refractivity contribution in [1.82, 2.24) is 4.98 Å². The summed E-state index contributed by atoms with van der Waals surface area (Å²) in [6.45, 7) is 0.158. The largest absolute Gasteiger partial charge is 0.462 e. The predicted octanol–water partition coefficient (Wildman–Crippen LogP) is 4.13. The van der Waals surface area contributed by atoms with Crippen molar-refractivity contribution in [2.24, 2.45) is 0 Å². The van der Waals surface area contributed by atoms with Gasteiger partial charge in [0.15, 0.2) is 5.78 Å². The van der Waals surface area contributed by atoms with Gasteiger partial charge in [0.2, 0.25) is 0 Å². The third-order valence-corrected chi connectivity index (χ3v) is 3.76. The van der Waals surface area contributed by atoms with Crippen molar-refractivity contribution >= 4 is 22.7 Å². The number of ether oxygens (including phenoxy) is 1. The molecule has 0 fully saturated rings. The molecule has 0 bridgehead atoms. The number of aromatic amines is 1. The number of hydrogen-bond acceptors (Lipinski definition) is 3. The third kappa shape index (κ3) is 3.51. The molecule has 3 rings (SSSR count). The fourth-order valence-electron chi connectivity index (χ4n) is 2.50. The number of hydrogen-bond donors (Lipinski definition) is 1. The minimum Gasteiger partial charge on any atom is -0.462 e. The van der Waals surface area contributed by atoms with Gasteiger partial charge in [0, 0.05) is 29.1 Å². The Labute approximate surface area is 138 Å². The highest BCUT2D eigenvalue weighted by Gasteiger charge is 2.13. The molecular formula is C19H16FNO3. The van der Waals surface area contributed by atoms with Gasteiger partial charge < -0.3 is 9.72 Å². The number of carbonyl (C=O) groups excluding carboxylic acids is 2. The summed E-state index contributed by atoms with van der Waals surface area (Å²) in [5.74, 6) is -0.890. The number of Topliss-reactive ketones (excluding diaryl/α,β-unsaturated/α-hetero) is 1. The average molecular weight is 325 g/mol. The average Bonchev–Trinajstić information content (AvgIpc) is 3.03. The second-order valence-corrected chi connectivity index (χ2v) is 5.42. The molecule has 1 aromatic heterocycles. The van der Waals surface area contributed by atoms with Crippen molar-refractivity contribution in [3.8, 4) is 0 Å². The summed E-state index contributed by atoms with van der Waals surface area (Å²) < 4.78 is 18.0. The van der Waals surface area contributed by atoms with E-state index in [1.165, 1.54) is 24.3 Å². The molecule has 2 aromatic carbocycles. The second-order valence-electron chi connectivity index (χ2n) is 5.42. The molecular weight excluding hydrogens is 309 g/mol. The third-order valence-electron chi connectivity index (χ3n) is 3.76. The Morgan fingerprint density at radius 3 is 2.58 bits per heavy atom. The molecule has 0 saturated carbocycles. The van der Waals surface area contributed by atoms with Crippen molar-refractivity contribution in [2.45, 2.75) is 12.8 Å². The SMILES string of the molecule is O=C(CCCOC(=O)c1c[nH]c2ccccc12)c1ccc(F)cc1. The maximum absolute atomic E-state index is 12.8. The molecule has 0 aliphatic rings. The van der Waals surface area contributed by atoms with Crippen LogP contribution in [0.3, 0.4) is 0 Å². The van der Waals surface area contributed by atoms with E-state index in [1.54, 1.807) is 6.20 Å². The van der Waals surface area contributed by atoms with E-state index in [-0.39, 0.29) is 24.6 Å². The highest BCUT2D eigenvalue weighted by atomic mass is 19.1. The van der Waals surface area contributed by atoms with Gasteiger partial charge in [-0.3, -0.25) is 4.79 Å². The minimum atomic E-state index is -0.415. The van der Waals surface area contributed by atoms with Crippen LogP contribution in [0.25, 0.3) is 10.9 Å². The molecule has 0 unspecified atom stereocenters. The molecule has 5 heteroatoms. The molecule has 1 heterocycles. The monoisotopic (exact) mass is 325 g/mol. The van der Waals surface area contributed by atoms with Crippen LogP contribution in [-0.4, -0.2) is 23.3 Å². The van der Waals surface area contributed by atoms with Gasteiger partial charge in [0.25, 0.3) is 0 Å². The molecule has 0 spiro atoms. The van der Waals surface area contributed by atoms with E-state index in [0.29, 0.717) is 17.5 Å². The van der Waals surface area contributed by atoms with Gasteiger partial charge in [-0.25, -0.2) is 9.18 Å². The van der Waals surface area contributed by atoms with Crippen molar-refractivity contribution in [3.63, 3.8) is 0 Å². The lowest BCUT2D eigenvalue weighted by Crippen LogP contribution is -2.08. The molecule has 4 nitrogen and oxygen atoms in total. The van der Waals surface area contributed by atoms with Crippen LogP contribution in [0.2, 0.25) is 0 Å². The van der Waals surface area contributed by atoms with E-state index in [9.17, 15) is 14.0 Å². The molecule has 1 N–H and O–H groups in total. The molecule has 0 saturated heterocycles. The fraction of sp³-hybridized carbons (Fsp3) is 0.158. The summed E-state index contributed by atoms with van der Waals surface area (Å²) in [6.07, 6.45) is 2.29. The number of carbonyl (C=O) groups is 2. The molecule has 122 valence electrons. The minimum absolute atomic E-state index is 0.0989. The smallest absolute Gasteiger partial charge is 0.340 e. The van der Waals surface area contributed by atoms with E-state index in [0.717, 1.165) is 10.9 Å². The molecule has 0 radical (unpaired) electrons. The topological polar surface area (TPSA) is 59.2 Å². The van der Waals surface area contributed by atoms with Crippen LogP contribution < -0.4 is 0 Å². The molecule has 3 aromatic rings. The first-order valence-electron chi connectivity index (χ1n) is 7.67. The van der Waals surface area contributed by atoms with Crippen molar-refractivity contribution < 1.29 is 18.7 Å². The number of benzene rings is 2. The van der Waals surface area contributed by atoms with Gasteiger partial charge >= 0.3 is 5.97 Å². The summed E-state index contributed by atoms with van der Waals surface area (Å²) >= 11 is 0. The van der Waals surface area contributed by atoms with Gasteiger partial charge in [0.1, 0.15) is 5.82 Å². The number of fused-ring (bicyclic) bond motifs is 1. The summed E-state index contributed by atoms with van der Waals surface area (Å²) in [4.78, 5) is 27.1. The molecule has 24 heavy (non-hydrogen) atoms. The van der Waals surface area contributed by atoms with E-state index >= 15 is 0 Å². The van der Waals surface area contributed by atoms with Crippen LogP contribution in [-0.2, 0) is 4.74 Å². The van der Waals surface area contributed by atoms with Gasteiger partial charge in [-0.2, -0.15) is 0 Å². The highest BCUT2D eigenvalue weighted by Crippen LogP contribution is 2.18. The number of aromatic nitrogens is 1. The number of H-pyrrole nitrogens is 1. The Hall–Kier alpha value is -2.95. The zero-order chi connectivity index (χ0) is 16.9. The Balaban J connectivity index is 1.50. The van der Waals surface area contributed by atoms with E-state index in [1.807, 2.05) is 24.3 Å². The molecule has 0 amide bonds. The number of ketones is 1. The Kier molecular flexibility index (Phi) is 4.70. The lowest BCUT2D eigenvalue weighted by molar-refractivity contribution is 0.0496. The Bertz CT molecular complexity index is 868. The first-order valence-corrected chi connectivity index (χ1v) is 7.67. The van der Waals surface area contributed by atoms with Crippen molar-refractivity contribution in [2.75, 3.05) is 6.61 Å². The normalized spacial score (nSPS) is 10.7. The first-order chi connectivity index (χ1) is 11.6. The Morgan fingerprint density at radius 2 is 1.79 bits per heavy atom. The zero-order valence-electron chi connectivity index (χ0n) is 12.9. The van der Waals surface area contributed by atoms with E-state index in [2.05, 4.69) is 4.98 Å². The maximum atomic E-state index is 12.8. The number of halogens is 1. The van der Waals surface area contributed by atoms with E-state index in [4.69, 9.17) is 4.74 Å².